The molecule has 2 aliphatic rings. The molecule has 0 saturated carbocycles. The molecule has 2 fully saturated rings. The predicted octanol–water partition coefficient (Wildman–Crippen LogP) is -0.375. The van der Waals surface area contributed by atoms with E-state index in [9.17, 15) is 14.4 Å². The number of nitrogens with two attached hydrogens (primary N) is 1. The SMILES string of the molecule is COC(=O)C(N)CNC(=O)N1CCC2(CC1)C(=O)NCN2c1ccccc1. The summed E-state index contributed by atoms with van der Waals surface area (Å²) in [6.07, 6.45) is 1.06. The summed E-state index contributed by atoms with van der Waals surface area (Å²) in [4.78, 5) is 40.0. The van der Waals surface area contributed by atoms with E-state index in [0.29, 0.717) is 32.6 Å². The summed E-state index contributed by atoms with van der Waals surface area (Å²) >= 11 is 0. The van der Waals surface area contributed by atoms with Crippen LogP contribution in [0.5, 0.6) is 0 Å². The van der Waals surface area contributed by atoms with Crippen LogP contribution in [-0.2, 0) is 14.3 Å². The number of para-hydroxylation sites is 1. The van der Waals surface area contributed by atoms with Gasteiger partial charge in [-0.25, -0.2) is 4.79 Å². The van der Waals surface area contributed by atoms with Crippen LogP contribution < -0.4 is 21.3 Å². The number of methoxy groups -OCH3 is 1. The lowest BCUT2D eigenvalue weighted by Gasteiger charge is -2.43. The van der Waals surface area contributed by atoms with Crippen molar-refractivity contribution < 1.29 is 19.1 Å². The van der Waals surface area contributed by atoms with Gasteiger partial charge in [0.2, 0.25) is 5.91 Å². The fourth-order valence-corrected chi connectivity index (χ4v) is 3.66. The van der Waals surface area contributed by atoms with Gasteiger partial charge in [-0.3, -0.25) is 9.59 Å². The molecular formula is C18H25N5O4. The van der Waals surface area contributed by atoms with Crippen LogP contribution in [0.4, 0.5) is 10.5 Å². The number of hydrogen-bond donors (Lipinski definition) is 3. The summed E-state index contributed by atoms with van der Waals surface area (Å²) in [7, 11) is 1.25. The number of benzene rings is 1. The van der Waals surface area contributed by atoms with Gasteiger partial charge < -0.3 is 30.9 Å². The first-order valence-corrected chi connectivity index (χ1v) is 8.95. The van der Waals surface area contributed by atoms with Crippen LogP contribution in [0.3, 0.4) is 0 Å². The van der Waals surface area contributed by atoms with Crippen LogP contribution in [0.1, 0.15) is 12.8 Å². The quantitative estimate of drug-likeness (QED) is 0.618. The molecule has 2 heterocycles. The molecule has 3 amide bonds. The zero-order valence-corrected chi connectivity index (χ0v) is 15.3. The first-order chi connectivity index (χ1) is 13.0. The van der Waals surface area contributed by atoms with Crippen LogP contribution in [0.15, 0.2) is 30.3 Å². The molecule has 2 saturated heterocycles. The average Bonchev–Trinajstić information content (AvgIpc) is 3.02. The molecule has 1 aromatic rings. The smallest absolute Gasteiger partial charge is 0.324 e. The molecule has 27 heavy (non-hydrogen) atoms. The Morgan fingerprint density at radius 3 is 2.59 bits per heavy atom. The molecule has 2 aliphatic heterocycles. The number of nitrogens with one attached hydrogen (secondary N) is 2. The molecule has 0 bridgehead atoms. The van der Waals surface area contributed by atoms with Crippen molar-refractivity contribution in [3.05, 3.63) is 30.3 Å². The van der Waals surface area contributed by atoms with E-state index in [1.807, 2.05) is 30.3 Å². The Kier molecular flexibility index (Phi) is 5.50. The average molecular weight is 375 g/mol. The zero-order chi connectivity index (χ0) is 19.4. The van der Waals surface area contributed by atoms with Crippen molar-refractivity contribution >= 4 is 23.6 Å². The summed E-state index contributed by atoms with van der Waals surface area (Å²) in [5.74, 6) is -0.576. The van der Waals surface area contributed by atoms with Crippen LogP contribution in [0.25, 0.3) is 0 Å². The summed E-state index contributed by atoms with van der Waals surface area (Å²) in [5, 5.41) is 5.58. The zero-order valence-electron chi connectivity index (χ0n) is 15.3. The second-order valence-corrected chi connectivity index (χ2v) is 6.76. The number of anilines is 1. The van der Waals surface area contributed by atoms with Gasteiger partial charge in [0.15, 0.2) is 0 Å². The molecule has 1 atom stereocenters. The third kappa shape index (κ3) is 3.68. The van der Waals surface area contributed by atoms with Crippen molar-refractivity contribution in [2.75, 3.05) is 38.3 Å². The van der Waals surface area contributed by atoms with Gasteiger partial charge in [-0.1, -0.05) is 18.2 Å². The second-order valence-electron chi connectivity index (χ2n) is 6.76. The fraction of sp³-hybridized carbons (Fsp3) is 0.500. The minimum absolute atomic E-state index is 0.000810. The molecule has 0 aliphatic carbocycles. The van der Waals surface area contributed by atoms with E-state index in [1.54, 1.807) is 4.90 Å². The number of hydrogen-bond acceptors (Lipinski definition) is 6. The van der Waals surface area contributed by atoms with Gasteiger partial charge in [-0.2, -0.15) is 0 Å². The maximum atomic E-state index is 12.6. The Hall–Kier alpha value is -2.81. The molecule has 3 rings (SSSR count). The molecule has 0 aromatic heterocycles. The highest BCUT2D eigenvalue weighted by Crippen LogP contribution is 2.36. The number of carbonyl (C=O) groups excluding carboxylic acids is 3. The number of ether oxygens (including phenoxy) is 1. The lowest BCUT2D eigenvalue weighted by molar-refractivity contribution is -0.142. The Labute approximate surface area is 157 Å². The highest BCUT2D eigenvalue weighted by atomic mass is 16.5. The fourth-order valence-electron chi connectivity index (χ4n) is 3.66. The van der Waals surface area contributed by atoms with E-state index in [2.05, 4.69) is 20.3 Å². The molecule has 9 nitrogen and oxygen atoms in total. The molecule has 9 heteroatoms. The number of rotatable bonds is 4. The highest BCUT2D eigenvalue weighted by Gasteiger charge is 2.50. The van der Waals surface area contributed by atoms with Crippen molar-refractivity contribution in [2.24, 2.45) is 5.73 Å². The van der Waals surface area contributed by atoms with E-state index in [1.165, 1.54) is 7.11 Å². The molecule has 0 radical (unpaired) electrons. The lowest BCUT2D eigenvalue weighted by Crippen LogP contribution is -2.59. The van der Waals surface area contributed by atoms with Gasteiger partial charge in [-0.15, -0.1) is 0 Å². The number of likely N-dealkylation sites (tertiary alicyclic amines) is 1. The highest BCUT2D eigenvalue weighted by molar-refractivity contribution is 5.93. The number of nitrogens with zero attached hydrogens (tertiary/aromatic N) is 2. The molecule has 1 spiro atoms. The maximum absolute atomic E-state index is 12.6. The van der Waals surface area contributed by atoms with Gasteiger partial charge in [0.05, 0.1) is 13.8 Å². The summed E-state index contributed by atoms with van der Waals surface area (Å²) in [6.45, 7) is 1.35. The Bertz CT molecular complexity index is 703. The van der Waals surface area contributed by atoms with E-state index < -0.39 is 17.6 Å². The topological polar surface area (TPSA) is 117 Å². The van der Waals surface area contributed by atoms with Crippen molar-refractivity contribution in [2.45, 2.75) is 24.4 Å². The lowest BCUT2D eigenvalue weighted by atomic mass is 9.85. The Morgan fingerprint density at radius 1 is 1.30 bits per heavy atom. The van der Waals surface area contributed by atoms with Gasteiger partial charge >= 0.3 is 12.0 Å². The maximum Gasteiger partial charge on any atom is 0.324 e. The van der Waals surface area contributed by atoms with Crippen LogP contribution in [-0.4, -0.2) is 67.8 Å². The Balaban J connectivity index is 1.61. The predicted molar refractivity (Wildman–Crippen MR) is 98.9 cm³/mol. The first-order valence-electron chi connectivity index (χ1n) is 8.95. The number of piperidine rings is 1. The van der Waals surface area contributed by atoms with Gasteiger partial charge in [-0.05, 0) is 25.0 Å². The summed E-state index contributed by atoms with van der Waals surface area (Å²) in [5.41, 5.74) is 5.98. The number of esters is 1. The molecule has 146 valence electrons. The minimum Gasteiger partial charge on any atom is -0.468 e. The molecule has 1 aromatic carbocycles. The van der Waals surface area contributed by atoms with Gasteiger partial charge in [0, 0.05) is 25.3 Å². The summed E-state index contributed by atoms with van der Waals surface area (Å²) < 4.78 is 4.54. The number of carbonyl (C=O) groups is 3. The number of amides is 3. The van der Waals surface area contributed by atoms with E-state index in [4.69, 9.17) is 5.73 Å². The Morgan fingerprint density at radius 2 is 1.96 bits per heavy atom. The van der Waals surface area contributed by atoms with Crippen molar-refractivity contribution in [3.63, 3.8) is 0 Å². The van der Waals surface area contributed by atoms with Crippen molar-refractivity contribution in [1.82, 2.24) is 15.5 Å². The van der Waals surface area contributed by atoms with E-state index >= 15 is 0 Å². The third-order valence-electron chi connectivity index (χ3n) is 5.26. The van der Waals surface area contributed by atoms with Crippen LogP contribution >= 0.6 is 0 Å². The molecule has 1 unspecified atom stereocenters. The number of urea groups is 1. The summed E-state index contributed by atoms with van der Waals surface area (Å²) in [6, 6.07) is 8.59. The van der Waals surface area contributed by atoms with Crippen LogP contribution in [0, 0.1) is 0 Å². The van der Waals surface area contributed by atoms with Gasteiger partial charge in [0.1, 0.15) is 11.6 Å². The largest absolute Gasteiger partial charge is 0.468 e. The standard InChI is InChI=1S/C18H25N5O4/c1-27-15(24)14(19)11-20-17(26)22-9-7-18(8-10-22)16(25)21-12-23(18)13-5-3-2-4-6-13/h2-6,14H,7-12,19H2,1H3,(H,20,26)(H,21,25). The monoisotopic (exact) mass is 375 g/mol. The van der Waals surface area contributed by atoms with Crippen LogP contribution in [0.2, 0.25) is 0 Å². The van der Waals surface area contributed by atoms with Gasteiger partial charge in [0.25, 0.3) is 0 Å². The minimum atomic E-state index is -0.899. The van der Waals surface area contributed by atoms with E-state index in [0.717, 1.165) is 5.69 Å². The first kappa shape index (κ1) is 19.0. The molecular weight excluding hydrogens is 350 g/mol. The second kappa shape index (κ2) is 7.83. The van der Waals surface area contributed by atoms with Crippen molar-refractivity contribution in [1.29, 1.82) is 0 Å². The van der Waals surface area contributed by atoms with Crippen molar-refractivity contribution in [3.8, 4) is 0 Å². The van der Waals surface area contributed by atoms with E-state index in [-0.39, 0.29) is 18.5 Å². The third-order valence-corrected chi connectivity index (χ3v) is 5.26. The molecule has 4 N–H and O–H groups in total. The normalized spacial score (nSPS) is 19.6.